The first-order valence-electron chi connectivity index (χ1n) is 6.75. The molecule has 2 aliphatic rings. The summed E-state index contributed by atoms with van der Waals surface area (Å²) in [5, 5.41) is 0. The molecular formula is C14H18N2O3S. The molecule has 6 heteroatoms. The summed E-state index contributed by atoms with van der Waals surface area (Å²) in [6.07, 6.45) is 1.91. The molecular weight excluding hydrogens is 276 g/mol. The Morgan fingerprint density at radius 1 is 1.30 bits per heavy atom. The average molecular weight is 294 g/mol. The fourth-order valence-electron chi connectivity index (χ4n) is 2.54. The molecule has 1 saturated heterocycles. The van der Waals surface area contributed by atoms with Gasteiger partial charge in [-0.2, -0.15) is 0 Å². The van der Waals surface area contributed by atoms with E-state index in [1.54, 1.807) is 18.2 Å². The van der Waals surface area contributed by atoms with Crippen LogP contribution in [0.5, 0.6) is 0 Å². The number of sulfonamides is 1. The third-order valence-electron chi connectivity index (χ3n) is 3.98. The van der Waals surface area contributed by atoms with Crippen LogP contribution < -0.4 is 4.72 Å². The zero-order valence-electron chi connectivity index (χ0n) is 11.4. The summed E-state index contributed by atoms with van der Waals surface area (Å²) < 4.78 is 31.9. The van der Waals surface area contributed by atoms with Gasteiger partial charge in [-0.3, -0.25) is 9.71 Å². The second-order valence-electron chi connectivity index (χ2n) is 5.69. The minimum Gasteiger partial charge on any atom is -0.381 e. The maximum Gasteiger partial charge on any atom is 0.263 e. The maximum absolute atomic E-state index is 12.0. The monoisotopic (exact) mass is 294 g/mol. The number of ether oxygens (including phenoxy) is 1. The molecule has 2 aliphatic heterocycles. The van der Waals surface area contributed by atoms with Gasteiger partial charge in [-0.25, -0.2) is 8.42 Å². The maximum atomic E-state index is 12.0. The van der Waals surface area contributed by atoms with Gasteiger partial charge in [0.05, 0.1) is 4.90 Å². The molecule has 0 aliphatic carbocycles. The molecule has 0 radical (unpaired) electrons. The highest BCUT2D eigenvalue weighted by atomic mass is 32.2. The Labute approximate surface area is 119 Å². The largest absolute Gasteiger partial charge is 0.381 e. The van der Waals surface area contributed by atoms with Gasteiger partial charge in [-0.15, -0.1) is 0 Å². The SMILES string of the molecule is CC1(CN=C2NS(=O)(=O)c3ccccc32)CCOCC1. The van der Waals surface area contributed by atoms with Crippen molar-refractivity contribution in [1.29, 1.82) is 0 Å². The number of fused-ring (bicyclic) bond motifs is 1. The Kier molecular flexibility index (Phi) is 3.30. The number of hydrogen-bond acceptors (Lipinski definition) is 4. The van der Waals surface area contributed by atoms with Gasteiger partial charge in [0.1, 0.15) is 5.84 Å². The molecule has 0 aromatic heterocycles. The number of aliphatic imine (C=N–C) groups is 1. The van der Waals surface area contributed by atoms with Crippen LogP contribution in [-0.4, -0.2) is 34.0 Å². The molecule has 1 N–H and O–H groups in total. The summed E-state index contributed by atoms with van der Waals surface area (Å²) in [4.78, 5) is 4.84. The fourth-order valence-corrected chi connectivity index (χ4v) is 3.79. The zero-order valence-corrected chi connectivity index (χ0v) is 12.2. The van der Waals surface area contributed by atoms with Crippen molar-refractivity contribution in [3.63, 3.8) is 0 Å². The molecule has 3 rings (SSSR count). The van der Waals surface area contributed by atoms with Crippen molar-refractivity contribution in [2.75, 3.05) is 19.8 Å². The molecule has 108 valence electrons. The molecule has 1 aromatic rings. The Bertz CT molecular complexity index is 646. The molecule has 0 bridgehead atoms. The van der Waals surface area contributed by atoms with Crippen molar-refractivity contribution in [2.24, 2.45) is 10.4 Å². The topological polar surface area (TPSA) is 67.8 Å². The number of nitrogens with zero attached hydrogens (tertiary/aromatic N) is 1. The summed E-state index contributed by atoms with van der Waals surface area (Å²) in [7, 11) is -3.43. The summed E-state index contributed by atoms with van der Waals surface area (Å²) in [5.74, 6) is 0.466. The number of amidine groups is 1. The summed E-state index contributed by atoms with van der Waals surface area (Å²) in [5.41, 5.74) is 0.761. The highest BCUT2D eigenvalue weighted by Gasteiger charge is 2.32. The number of nitrogens with one attached hydrogen (secondary N) is 1. The molecule has 1 aromatic carbocycles. The van der Waals surface area contributed by atoms with Crippen LogP contribution >= 0.6 is 0 Å². The van der Waals surface area contributed by atoms with Crippen molar-refractivity contribution >= 4 is 15.9 Å². The van der Waals surface area contributed by atoms with Crippen LogP contribution in [0.25, 0.3) is 0 Å². The van der Waals surface area contributed by atoms with E-state index in [-0.39, 0.29) is 5.41 Å². The molecule has 0 saturated carbocycles. The lowest BCUT2D eigenvalue weighted by Crippen LogP contribution is -2.31. The van der Waals surface area contributed by atoms with Gasteiger partial charge in [0.15, 0.2) is 0 Å². The lowest BCUT2D eigenvalue weighted by molar-refractivity contribution is 0.0283. The van der Waals surface area contributed by atoms with E-state index in [2.05, 4.69) is 16.6 Å². The first-order chi connectivity index (χ1) is 9.50. The minimum absolute atomic E-state index is 0.0915. The smallest absolute Gasteiger partial charge is 0.263 e. The van der Waals surface area contributed by atoms with E-state index in [0.717, 1.165) is 26.1 Å². The Morgan fingerprint density at radius 3 is 2.75 bits per heavy atom. The molecule has 0 amide bonds. The Balaban J connectivity index is 1.87. The standard InChI is InChI=1S/C14H18N2O3S/c1-14(6-8-19-9-7-14)10-15-13-11-4-2-3-5-12(11)20(17,18)16-13/h2-5H,6-10H2,1H3,(H,15,16). The molecule has 5 nitrogen and oxygen atoms in total. The third kappa shape index (κ3) is 2.45. The normalized spacial score (nSPS) is 25.1. The van der Waals surface area contributed by atoms with E-state index < -0.39 is 10.0 Å². The molecule has 1 fully saturated rings. The highest BCUT2D eigenvalue weighted by molar-refractivity contribution is 7.90. The molecule has 0 atom stereocenters. The molecule has 0 unspecified atom stereocenters. The van der Waals surface area contributed by atoms with Crippen molar-refractivity contribution in [2.45, 2.75) is 24.7 Å². The van der Waals surface area contributed by atoms with Crippen LogP contribution in [0.2, 0.25) is 0 Å². The van der Waals surface area contributed by atoms with Crippen LogP contribution in [0.1, 0.15) is 25.3 Å². The second-order valence-corrected chi connectivity index (χ2v) is 7.34. The van der Waals surface area contributed by atoms with Gasteiger partial charge in [0.25, 0.3) is 10.0 Å². The van der Waals surface area contributed by atoms with Crippen molar-refractivity contribution in [1.82, 2.24) is 4.72 Å². The average Bonchev–Trinajstić information content (AvgIpc) is 2.70. The van der Waals surface area contributed by atoms with E-state index >= 15 is 0 Å². The minimum atomic E-state index is -3.43. The summed E-state index contributed by atoms with van der Waals surface area (Å²) in [6, 6.07) is 6.95. The van der Waals surface area contributed by atoms with E-state index in [0.29, 0.717) is 22.8 Å². The summed E-state index contributed by atoms with van der Waals surface area (Å²) in [6.45, 7) is 4.30. The van der Waals surface area contributed by atoms with Crippen LogP contribution in [0.4, 0.5) is 0 Å². The van der Waals surface area contributed by atoms with Crippen molar-refractivity contribution < 1.29 is 13.2 Å². The molecule has 2 heterocycles. The van der Waals surface area contributed by atoms with E-state index in [1.165, 1.54) is 0 Å². The lowest BCUT2D eigenvalue weighted by atomic mass is 9.82. The van der Waals surface area contributed by atoms with Crippen LogP contribution in [0.15, 0.2) is 34.2 Å². The molecule has 20 heavy (non-hydrogen) atoms. The lowest BCUT2D eigenvalue weighted by Gasteiger charge is -2.31. The van der Waals surface area contributed by atoms with E-state index in [4.69, 9.17) is 4.74 Å². The van der Waals surface area contributed by atoms with Crippen molar-refractivity contribution in [3.05, 3.63) is 29.8 Å². The second kappa shape index (κ2) is 4.86. The Morgan fingerprint density at radius 2 is 2.00 bits per heavy atom. The predicted octanol–water partition coefficient (Wildman–Crippen LogP) is 1.54. The van der Waals surface area contributed by atoms with Gasteiger partial charge in [-0.05, 0) is 30.4 Å². The van der Waals surface area contributed by atoms with Gasteiger partial charge in [0, 0.05) is 25.3 Å². The quantitative estimate of drug-likeness (QED) is 0.899. The fraction of sp³-hybridized carbons (Fsp3) is 0.500. The third-order valence-corrected chi connectivity index (χ3v) is 5.38. The van der Waals surface area contributed by atoms with Gasteiger partial charge < -0.3 is 4.74 Å². The van der Waals surface area contributed by atoms with Crippen LogP contribution in [0, 0.1) is 5.41 Å². The predicted molar refractivity (Wildman–Crippen MR) is 76.3 cm³/mol. The van der Waals surface area contributed by atoms with Crippen LogP contribution in [-0.2, 0) is 14.8 Å². The first-order valence-corrected chi connectivity index (χ1v) is 8.23. The summed E-state index contributed by atoms with van der Waals surface area (Å²) >= 11 is 0. The molecule has 0 spiro atoms. The highest BCUT2D eigenvalue weighted by Crippen LogP contribution is 2.31. The number of benzene rings is 1. The number of rotatable bonds is 2. The van der Waals surface area contributed by atoms with Gasteiger partial charge in [-0.1, -0.05) is 19.1 Å². The van der Waals surface area contributed by atoms with Gasteiger partial charge >= 0.3 is 0 Å². The van der Waals surface area contributed by atoms with Crippen LogP contribution in [0.3, 0.4) is 0 Å². The number of hydrogen-bond donors (Lipinski definition) is 1. The van der Waals surface area contributed by atoms with Crippen molar-refractivity contribution in [3.8, 4) is 0 Å². The Hall–Kier alpha value is -1.40. The zero-order chi connectivity index (χ0) is 14.2. The van der Waals surface area contributed by atoms with E-state index in [1.807, 2.05) is 6.07 Å². The van der Waals surface area contributed by atoms with Gasteiger partial charge in [0.2, 0.25) is 0 Å². The first kappa shape index (κ1) is 13.6. The van der Waals surface area contributed by atoms with E-state index in [9.17, 15) is 8.42 Å².